The van der Waals surface area contributed by atoms with Crippen LogP contribution in [0, 0.1) is 17.0 Å². The maximum atomic E-state index is 10.9. The summed E-state index contributed by atoms with van der Waals surface area (Å²) >= 11 is 0. The number of phenols is 1. The lowest BCUT2D eigenvalue weighted by Gasteiger charge is -2.04. The van der Waals surface area contributed by atoms with E-state index in [1.54, 1.807) is 6.07 Å². The van der Waals surface area contributed by atoms with E-state index in [2.05, 4.69) is 0 Å². The lowest BCUT2D eigenvalue weighted by atomic mass is 10.0. The number of rotatable bonds is 2. The van der Waals surface area contributed by atoms with Gasteiger partial charge in [-0.1, -0.05) is 29.8 Å². The van der Waals surface area contributed by atoms with Gasteiger partial charge in [0.15, 0.2) is 0 Å². The van der Waals surface area contributed by atoms with Crippen LogP contribution in [-0.2, 0) is 0 Å². The molecule has 2 rings (SSSR count). The molecule has 0 fully saturated rings. The van der Waals surface area contributed by atoms with E-state index in [9.17, 15) is 15.2 Å². The van der Waals surface area contributed by atoms with Gasteiger partial charge in [-0.15, -0.1) is 0 Å². The van der Waals surface area contributed by atoms with Gasteiger partial charge >= 0.3 is 0 Å². The lowest BCUT2D eigenvalue weighted by molar-refractivity contribution is -0.384. The monoisotopic (exact) mass is 229 g/mol. The molecule has 0 aromatic heterocycles. The van der Waals surface area contributed by atoms with Crippen molar-refractivity contribution in [2.75, 3.05) is 0 Å². The van der Waals surface area contributed by atoms with Gasteiger partial charge in [-0.2, -0.15) is 0 Å². The van der Waals surface area contributed by atoms with Gasteiger partial charge < -0.3 is 5.11 Å². The van der Waals surface area contributed by atoms with E-state index in [4.69, 9.17) is 0 Å². The Morgan fingerprint density at radius 3 is 2.59 bits per heavy atom. The molecule has 2 aromatic rings. The molecule has 0 saturated carbocycles. The zero-order valence-corrected chi connectivity index (χ0v) is 9.25. The van der Waals surface area contributed by atoms with E-state index in [1.807, 2.05) is 25.1 Å². The molecular weight excluding hydrogens is 218 g/mol. The summed E-state index contributed by atoms with van der Waals surface area (Å²) in [7, 11) is 0. The first kappa shape index (κ1) is 11.1. The van der Waals surface area contributed by atoms with Crippen LogP contribution in [0.3, 0.4) is 0 Å². The molecule has 0 radical (unpaired) electrons. The van der Waals surface area contributed by atoms with Crippen molar-refractivity contribution < 1.29 is 10.0 Å². The summed E-state index contributed by atoms with van der Waals surface area (Å²) in [5.41, 5.74) is 2.17. The number of aromatic hydroxyl groups is 1. The fraction of sp³-hybridized carbons (Fsp3) is 0.0769. The van der Waals surface area contributed by atoms with E-state index >= 15 is 0 Å². The number of nitrogens with zero attached hydrogens (tertiary/aromatic N) is 1. The molecule has 0 amide bonds. The molecule has 4 heteroatoms. The number of nitro groups is 1. The molecule has 17 heavy (non-hydrogen) atoms. The predicted octanol–water partition coefficient (Wildman–Crippen LogP) is 3.28. The highest BCUT2D eigenvalue weighted by Crippen LogP contribution is 2.33. The van der Waals surface area contributed by atoms with Gasteiger partial charge in [0.1, 0.15) is 5.75 Å². The highest BCUT2D eigenvalue weighted by Gasteiger charge is 2.15. The second-order valence-corrected chi connectivity index (χ2v) is 3.83. The Kier molecular flexibility index (Phi) is 2.78. The Hall–Kier alpha value is -2.36. The molecule has 0 atom stereocenters. The number of benzene rings is 2. The third-order valence-electron chi connectivity index (χ3n) is 2.51. The second-order valence-electron chi connectivity index (χ2n) is 3.83. The van der Waals surface area contributed by atoms with Crippen LogP contribution in [0.15, 0.2) is 42.5 Å². The molecule has 0 bridgehead atoms. The molecule has 0 spiro atoms. The van der Waals surface area contributed by atoms with Crippen molar-refractivity contribution in [3.8, 4) is 16.9 Å². The molecule has 0 unspecified atom stereocenters. The van der Waals surface area contributed by atoms with Crippen LogP contribution >= 0.6 is 0 Å². The highest BCUT2D eigenvalue weighted by molar-refractivity contribution is 5.75. The number of hydrogen-bond donors (Lipinski definition) is 1. The summed E-state index contributed by atoms with van der Waals surface area (Å²) < 4.78 is 0. The van der Waals surface area contributed by atoms with Gasteiger partial charge in [0.25, 0.3) is 5.69 Å². The Morgan fingerprint density at radius 1 is 1.18 bits per heavy atom. The summed E-state index contributed by atoms with van der Waals surface area (Å²) in [5.74, 6) is 0.0205. The van der Waals surface area contributed by atoms with Crippen molar-refractivity contribution in [2.24, 2.45) is 0 Å². The van der Waals surface area contributed by atoms with Crippen molar-refractivity contribution in [3.05, 3.63) is 58.1 Å². The topological polar surface area (TPSA) is 63.4 Å². The van der Waals surface area contributed by atoms with Crippen molar-refractivity contribution >= 4 is 5.69 Å². The number of phenolic OH excluding ortho intramolecular Hbond substituents is 1. The molecule has 4 nitrogen and oxygen atoms in total. The van der Waals surface area contributed by atoms with Crippen LogP contribution in [0.4, 0.5) is 5.69 Å². The first-order chi connectivity index (χ1) is 8.08. The van der Waals surface area contributed by atoms with Crippen molar-refractivity contribution in [1.29, 1.82) is 0 Å². The van der Waals surface area contributed by atoms with E-state index in [0.717, 1.165) is 11.1 Å². The molecule has 0 aliphatic rings. The van der Waals surface area contributed by atoms with E-state index in [-0.39, 0.29) is 11.4 Å². The second kappa shape index (κ2) is 4.25. The molecule has 0 saturated heterocycles. The predicted molar refractivity (Wildman–Crippen MR) is 64.9 cm³/mol. The zero-order valence-electron chi connectivity index (χ0n) is 9.25. The molecule has 1 N–H and O–H groups in total. The summed E-state index contributed by atoms with van der Waals surface area (Å²) in [6.45, 7) is 1.91. The van der Waals surface area contributed by atoms with Gasteiger partial charge in [0, 0.05) is 6.07 Å². The van der Waals surface area contributed by atoms with Crippen LogP contribution in [0.25, 0.3) is 11.1 Å². The van der Waals surface area contributed by atoms with E-state index < -0.39 is 4.92 Å². The number of aryl methyl sites for hydroxylation is 1. The van der Waals surface area contributed by atoms with Gasteiger partial charge in [-0.25, -0.2) is 0 Å². The van der Waals surface area contributed by atoms with Gasteiger partial charge in [0.2, 0.25) is 0 Å². The Balaban J connectivity index is 2.65. The smallest absolute Gasteiger partial charge is 0.277 e. The average Bonchev–Trinajstić information content (AvgIpc) is 2.28. The lowest BCUT2D eigenvalue weighted by Crippen LogP contribution is -1.91. The Bertz CT molecular complexity index is 579. The Morgan fingerprint density at radius 2 is 1.94 bits per heavy atom. The zero-order chi connectivity index (χ0) is 12.4. The maximum Gasteiger partial charge on any atom is 0.277 e. The first-order valence-corrected chi connectivity index (χ1v) is 5.12. The van der Waals surface area contributed by atoms with Crippen LogP contribution < -0.4 is 0 Å². The van der Waals surface area contributed by atoms with Crippen LogP contribution in [0.2, 0.25) is 0 Å². The number of hydrogen-bond acceptors (Lipinski definition) is 3. The molecular formula is C13H11NO3. The fourth-order valence-corrected chi connectivity index (χ4v) is 1.73. The van der Waals surface area contributed by atoms with Crippen LogP contribution in [0.5, 0.6) is 5.75 Å². The third kappa shape index (κ3) is 2.25. The molecule has 2 aromatic carbocycles. The van der Waals surface area contributed by atoms with Crippen molar-refractivity contribution in [3.63, 3.8) is 0 Å². The SMILES string of the molecule is Cc1cccc(-c2cc(O)ccc2[N+](=O)[O-])c1. The summed E-state index contributed by atoms with van der Waals surface area (Å²) in [5, 5.41) is 20.3. The van der Waals surface area contributed by atoms with Crippen LogP contribution in [0.1, 0.15) is 5.56 Å². The largest absolute Gasteiger partial charge is 0.508 e. The minimum absolute atomic E-state index is 0.00611. The molecule has 86 valence electrons. The van der Waals surface area contributed by atoms with Gasteiger partial charge in [-0.05, 0) is 24.6 Å². The van der Waals surface area contributed by atoms with E-state index in [1.165, 1.54) is 18.2 Å². The summed E-state index contributed by atoms with van der Waals surface area (Å²) in [6, 6.07) is 11.4. The molecule has 0 aliphatic heterocycles. The maximum absolute atomic E-state index is 10.9. The summed E-state index contributed by atoms with van der Waals surface area (Å²) in [6.07, 6.45) is 0. The first-order valence-electron chi connectivity index (χ1n) is 5.12. The quantitative estimate of drug-likeness (QED) is 0.634. The van der Waals surface area contributed by atoms with Crippen molar-refractivity contribution in [2.45, 2.75) is 6.92 Å². The van der Waals surface area contributed by atoms with Gasteiger partial charge in [-0.3, -0.25) is 10.1 Å². The minimum Gasteiger partial charge on any atom is -0.508 e. The third-order valence-corrected chi connectivity index (χ3v) is 2.51. The minimum atomic E-state index is -0.447. The normalized spacial score (nSPS) is 10.2. The fourth-order valence-electron chi connectivity index (χ4n) is 1.73. The summed E-state index contributed by atoms with van der Waals surface area (Å²) in [4.78, 5) is 10.5. The van der Waals surface area contributed by atoms with Crippen LogP contribution in [-0.4, -0.2) is 10.0 Å². The molecule has 0 heterocycles. The highest BCUT2D eigenvalue weighted by atomic mass is 16.6. The molecule has 0 aliphatic carbocycles. The standard InChI is InChI=1S/C13H11NO3/c1-9-3-2-4-10(7-9)12-8-11(15)5-6-13(12)14(16)17/h2-8,15H,1H3. The average molecular weight is 229 g/mol. The number of nitro benzene ring substituents is 1. The van der Waals surface area contributed by atoms with Gasteiger partial charge in [0.05, 0.1) is 10.5 Å². The Labute approximate surface area is 98.3 Å². The van der Waals surface area contributed by atoms with Crippen molar-refractivity contribution in [1.82, 2.24) is 0 Å². The van der Waals surface area contributed by atoms with E-state index in [0.29, 0.717) is 5.56 Å².